The molecule has 0 spiro atoms. The van der Waals surface area contributed by atoms with Crippen LogP contribution < -0.4 is 0 Å². The van der Waals surface area contributed by atoms with Gasteiger partial charge in [0.15, 0.2) is 0 Å². The molecule has 0 aromatic carbocycles. The molecule has 3 nitrogen and oxygen atoms in total. The summed E-state index contributed by atoms with van der Waals surface area (Å²) in [5, 5.41) is 0. The topological polar surface area (TPSA) is 43.4 Å². The van der Waals surface area contributed by atoms with Gasteiger partial charge in [0.2, 0.25) is 0 Å². The number of hydrogen-bond acceptors (Lipinski definition) is 3. The highest BCUT2D eigenvalue weighted by Gasteiger charge is 2.29. The molecule has 0 heterocycles. The first kappa shape index (κ1) is 17.3. The molecule has 0 amide bonds. The molecule has 0 aliphatic heterocycles. The zero-order valence-electron chi connectivity index (χ0n) is 12.3. The SMILES string of the molecule is CCCCCCCCC(OC)C(C(C)=O)C(C)=O. The molecule has 0 aromatic rings. The van der Waals surface area contributed by atoms with E-state index in [1.165, 1.54) is 39.5 Å². The minimum Gasteiger partial charge on any atom is -0.380 e. The highest BCUT2D eigenvalue weighted by molar-refractivity contribution is 6.00. The van der Waals surface area contributed by atoms with Gasteiger partial charge in [0.25, 0.3) is 0 Å². The van der Waals surface area contributed by atoms with Gasteiger partial charge in [0, 0.05) is 7.11 Å². The highest BCUT2D eigenvalue weighted by atomic mass is 16.5. The van der Waals surface area contributed by atoms with Crippen LogP contribution in [0.3, 0.4) is 0 Å². The van der Waals surface area contributed by atoms with Crippen molar-refractivity contribution in [2.75, 3.05) is 7.11 Å². The highest BCUT2D eigenvalue weighted by Crippen LogP contribution is 2.18. The van der Waals surface area contributed by atoms with Crippen LogP contribution in [-0.2, 0) is 14.3 Å². The lowest BCUT2D eigenvalue weighted by Gasteiger charge is -2.21. The van der Waals surface area contributed by atoms with E-state index < -0.39 is 5.92 Å². The summed E-state index contributed by atoms with van der Waals surface area (Å²) in [5.41, 5.74) is 0. The average molecular weight is 256 g/mol. The van der Waals surface area contributed by atoms with Crippen molar-refractivity contribution in [1.82, 2.24) is 0 Å². The zero-order chi connectivity index (χ0) is 14.0. The summed E-state index contributed by atoms with van der Waals surface area (Å²) in [6, 6.07) is 0. The Labute approximate surface area is 111 Å². The van der Waals surface area contributed by atoms with Crippen molar-refractivity contribution in [3.05, 3.63) is 0 Å². The Hall–Kier alpha value is -0.700. The quantitative estimate of drug-likeness (QED) is 0.419. The van der Waals surface area contributed by atoms with Crippen LogP contribution in [0.4, 0.5) is 0 Å². The van der Waals surface area contributed by atoms with Crippen molar-refractivity contribution in [3.63, 3.8) is 0 Å². The van der Waals surface area contributed by atoms with E-state index in [0.717, 1.165) is 19.3 Å². The predicted molar refractivity (Wildman–Crippen MR) is 73.6 cm³/mol. The third kappa shape index (κ3) is 6.90. The molecule has 1 atom stereocenters. The van der Waals surface area contributed by atoms with Crippen LogP contribution in [0.2, 0.25) is 0 Å². The van der Waals surface area contributed by atoms with Crippen LogP contribution in [0.15, 0.2) is 0 Å². The lowest BCUT2D eigenvalue weighted by atomic mass is 9.90. The van der Waals surface area contributed by atoms with E-state index in [1.807, 2.05) is 0 Å². The van der Waals surface area contributed by atoms with Gasteiger partial charge in [0.05, 0.1) is 6.10 Å². The van der Waals surface area contributed by atoms with Gasteiger partial charge in [-0.25, -0.2) is 0 Å². The Bertz CT molecular complexity index is 234. The van der Waals surface area contributed by atoms with Crippen molar-refractivity contribution in [3.8, 4) is 0 Å². The van der Waals surface area contributed by atoms with Gasteiger partial charge in [-0.05, 0) is 20.3 Å². The van der Waals surface area contributed by atoms with Crippen LogP contribution in [-0.4, -0.2) is 24.8 Å². The minimum atomic E-state index is -0.578. The van der Waals surface area contributed by atoms with E-state index in [2.05, 4.69) is 6.92 Å². The van der Waals surface area contributed by atoms with Crippen molar-refractivity contribution in [2.45, 2.75) is 71.8 Å². The summed E-state index contributed by atoms with van der Waals surface area (Å²) in [7, 11) is 1.58. The van der Waals surface area contributed by atoms with Crippen LogP contribution in [0.5, 0.6) is 0 Å². The van der Waals surface area contributed by atoms with Crippen molar-refractivity contribution >= 4 is 11.6 Å². The molecule has 3 heteroatoms. The van der Waals surface area contributed by atoms with Gasteiger partial charge in [-0.15, -0.1) is 0 Å². The summed E-state index contributed by atoms with van der Waals surface area (Å²) in [5.74, 6) is -0.744. The summed E-state index contributed by atoms with van der Waals surface area (Å²) in [6.45, 7) is 5.14. The standard InChI is InChI=1S/C15H28O3/c1-5-6-7-8-9-10-11-14(18-4)15(12(2)16)13(3)17/h14-15H,5-11H2,1-4H3. The molecule has 0 saturated heterocycles. The van der Waals surface area contributed by atoms with Gasteiger partial charge in [-0.2, -0.15) is 0 Å². The first-order chi connectivity index (χ1) is 8.54. The van der Waals surface area contributed by atoms with E-state index >= 15 is 0 Å². The van der Waals surface area contributed by atoms with Gasteiger partial charge in [-0.3, -0.25) is 9.59 Å². The van der Waals surface area contributed by atoms with E-state index in [4.69, 9.17) is 4.74 Å². The van der Waals surface area contributed by atoms with Gasteiger partial charge >= 0.3 is 0 Å². The largest absolute Gasteiger partial charge is 0.380 e. The average Bonchev–Trinajstić information content (AvgIpc) is 2.30. The second kappa shape index (κ2) is 10.2. The number of ketones is 2. The van der Waals surface area contributed by atoms with Crippen molar-refractivity contribution in [2.24, 2.45) is 5.92 Å². The molecule has 0 fully saturated rings. The number of rotatable bonds is 11. The first-order valence-electron chi connectivity index (χ1n) is 7.08. The third-order valence-corrected chi connectivity index (χ3v) is 3.39. The van der Waals surface area contributed by atoms with Gasteiger partial charge in [-0.1, -0.05) is 45.4 Å². The summed E-state index contributed by atoms with van der Waals surface area (Å²) in [6.07, 6.45) is 7.78. The van der Waals surface area contributed by atoms with Crippen LogP contribution in [0.25, 0.3) is 0 Å². The summed E-state index contributed by atoms with van der Waals surface area (Å²) < 4.78 is 5.32. The molecule has 0 aromatic heterocycles. The lowest BCUT2D eigenvalue weighted by Crippen LogP contribution is -2.34. The molecule has 0 bridgehead atoms. The molecular formula is C15H28O3. The van der Waals surface area contributed by atoms with E-state index in [9.17, 15) is 9.59 Å². The molecule has 18 heavy (non-hydrogen) atoms. The number of ether oxygens (including phenoxy) is 1. The van der Waals surface area contributed by atoms with Crippen molar-refractivity contribution < 1.29 is 14.3 Å². The Kier molecular flexibility index (Phi) is 9.85. The number of Topliss-reactive ketones (excluding diaryl/α,β-unsaturated/α-hetero) is 2. The Morgan fingerprint density at radius 2 is 1.44 bits per heavy atom. The first-order valence-corrected chi connectivity index (χ1v) is 7.08. The molecule has 0 saturated carbocycles. The predicted octanol–water partition coefficient (Wildman–Crippen LogP) is 3.55. The Morgan fingerprint density at radius 1 is 0.944 bits per heavy atom. The number of hydrogen-bond donors (Lipinski definition) is 0. The van der Waals surface area contributed by atoms with Crippen LogP contribution in [0.1, 0.15) is 65.7 Å². The van der Waals surface area contributed by atoms with Crippen LogP contribution >= 0.6 is 0 Å². The van der Waals surface area contributed by atoms with E-state index in [-0.39, 0.29) is 17.7 Å². The monoisotopic (exact) mass is 256 g/mol. The number of unbranched alkanes of at least 4 members (excludes halogenated alkanes) is 5. The van der Waals surface area contributed by atoms with Crippen molar-refractivity contribution in [1.29, 1.82) is 0 Å². The molecule has 0 aliphatic carbocycles. The fourth-order valence-electron chi connectivity index (χ4n) is 2.36. The lowest BCUT2D eigenvalue weighted by molar-refractivity contribution is -0.136. The molecule has 106 valence electrons. The molecule has 1 unspecified atom stereocenters. The maximum Gasteiger partial charge on any atom is 0.142 e. The second-order valence-corrected chi connectivity index (χ2v) is 5.03. The zero-order valence-corrected chi connectivity index (χ0v) is 12.3. The third-order valence-electron chi connectivity index (χ3n) is 3.39. The van der Waals surface area contributed by atoms with E-state index in [1.54, 1.807) is 7.11 Å². The molecule has 0 radical (unpaired) electrons. The summed E-state index contributed by atoms with van der Waals surface area (Å²) >= 11 is 0. The maximum absolute atomic E-state index is 11.5. The Balaban J connectivity index is 4.01. The molecule has 0 rings (SSSR count). The maximum atomic E-state index is 11.5. The summed E-state index contributed by atoms with van der Waals surface area (Å²) in [4.78, 5) is 22.9. The van der Waals surface area contributed by atoms with Crippen LogP contribution in [0, 0.1) is 5.92 Å². The number of carbonyl (C=O) groups is 2. The molecular weight excluding hydrogens is 228 g/mol. The smallest absolute Gasteiger partial charge is 0.142 e. The number of carbonyl (C=O) groups excluding carboxylic acids is 2. The number of methoxy groups -OCH3 is 1. The normalized spacial score (nSPS) is 12.7. The fraction of sp³-hybridized carbons (Fsp3) is 0.867. The fourth-order valence-corrected chi connectivity index (χ4v) is 2.36. The second-order valence-electron chi connectivity index (χ2n) is 5.03. The molecule has 0 N–H and O–H groups in total. The molecule has 0 aliphatic rings. The minimum absolute atomic E-state index is 0.0830. The Morgan fingerprint density at radius 3 is 1.89 bits per heavy atom. The van der Waals surface area contributed by atoms with Gasteiger partial charge < -0.3 is 4.74 Å². The van der Waals surface area contributed by atoms with E-state index in [0.29, 0.717) is 0 Å². The van der Waals surface area contributed by atoms with Gasteiger partial charge in [0.1, 0.15) is 17.5 Å².